The van der Waals surface area contributed by atoms with E-state index in [9.17, 15) is 9.59 Å². The van der Waals surface area contributed by atoms with Crippen LogP contribution in [0.15, 0.2) is 36.4 Å². The zero-order valence-corrected chi connectivity index (χ0v) is 23.1. The van der Waals surface area contributed by atoms with E-state index in [4.69, 9.17) is 4.43 Å². The Morgan fingerprint density at radius 1 is 1.14 bits per heavy atom. The molecule has 2 amide bonds. The Labute approximate surface area is 210 Å². The molecule has 2 aromatic rings. The van der Waals surface area contributed by atoms with Crippen molar-refractivity contribution in [2.75, 3.05) is 7.05 Å². The lowest BCUT2D eigenvalue weighted by Crippen LogP contribution is -2.44. The van der Waals surface area contributed by atoms with Crippen molar-refractivity contribution in [2.24, 2.45) is 11.8 Å². The molecule has 2 fully saturated rings. The molecule has 1 aromatic heterocycles. The zero-order chi connectivity index (χ0) is 25.5. The molecule has 4 rings (SSSR count). The molecular weight excluding hydrogens is 456 g/mol. The molecule has 8 heteroatoms. The van der Waals surface area contributed by atoms with Crippen molar-refractivity contribution in [3.8, 4) is 0 Å². The molecule has 0 saturated heterocycles. The van der Waals surface area contributed by atoms with E-state index < -0.39 is 8.32 Å². The first-order valence-electron chi connectivity index (χ1n) is 12.8. The fourth-order valence-electron chi connectivity index (χ4n) is 5.19. The Hall–Kier alpha value is -2.45. The molecule has 2 unspecified atom stereocenters. The molecule has 7 nitrogen and oxygen atoms in total. The molecule has 1 aromatic carbocycles. The summed E-state index contributed by atoms with van der Waals surface area (Å²) in [5, 5.41) is 10.6. The monoisotopic (exact) mass is 496 g/mol. The summed E-state index contributed by atoms with van der Waals surface area (Å²) in [6.45, 7) is 13.5. The van der Waals surface area contributed by atoms with E-state index in [1.165, 1.54) is 0 Å². The van der Waals surface area contributed by atoms with Gasteiger partial charge in [0.2, 0.25) is 0 Å². The third kappa shape index (κ3) is 5.09. The summed E-state index contributed by atoms with van der Waals surface area (Å²) in [5.74, 6) is 0.483. The number of benzene rings is 1. The van der Waals surface area contributed by atoms with Crippen molar-refractivity contribution in [3.63, 3.8) is 0 Å². The molecule has 2 aliphatic rings. The van der Waals surface area contributed by atoms with Crippen LogP contribution in [-0.4, -0.2) is 49.1 Å². The molecule has 2 aliphatic carbocycles. The van der Waals surface area contributed by atoms with E-state index in [0.717, 1.165) is 24.8 Å². The molecule has 5 atom stereocenters. The van der Waals surface area contributed by atoms with Gasteiger partial charge in [-0.15, -0.1) is 0 Å². The second-order valence-electron chi connectivity index (χ2n) is 11.6. The van der Waals surface area contributed by atoms with Crippen LogP contribution in [-0.2, 0) is 4.43 Å². The lowest BCUT2D eigenvalue weighted by molar-refractivity contribution is 0.0924. The number of fused-ring (bicyclic) bond motifs is 1. The van der Waals surface area contributed by atoms with E-state index in [-0.39, 0.29) is 34.6 Å². The standard InChI is InChI=1S/C27H40N4O3Si/c1-8-22(17-12-10-9-11-13-17)31-23(16-21(30-31)25(32)28-5)26(33)29-24-19-14-18(15-20(19)24)34-35(6,7)27(2,3)4/h9-13,16,18-20,22,24H,8,14-15H2,1-7H3,(H,28,32)(H,29,33)/t18?,19-,20+,22-,24?/m0/s1. The smallest absolute Gasteiger partial charge is 0.271 e. The highest BCUT2D eigenvalue weighted by molar-refractivity contribution is 6.74. The summed E-state index contributed by atoms with van der Waals surface area (Å²) >= 11 is 0. The Morgan fingerprint density at radius 2 is 1.77 bits per heavy atom. The highest BCUT2D eigenvalue weighted by atomic mass is 28.4. The molecule has 1 heterocycles. The fraction of sp³-hybridized carbons (Fsp3) is 0.593. The van der Waals surface area contributed by atoms with Crippen molar-refractivity contribution >= 4 is 20.1 Å². The molecule has 0 radical (unpaired) electrons. The zero-order valence-electron chi connectivity index (χ0n) is 22.1. The molecule has 35 heavy (non-hydrogen) atoms. The van der Waals surface area contributed by atoms with Crippen molar-refractivity contribution in [1.29, 1.82) is 0 Å². The van der Waals surface area contributed by atoms with Gasteiger partial charge in [0.05, 0.1) is 6.04 Å². The van der Waals surface area contributed by atoms with Crippen molar-refractivity contribution in [3.05, 3.63) is 53.3 Å². The van der Waals surface area contributed by atoms with Crippen LogP contribution in [0.2, 0.25) is 18.1 Å². The van der Waals surface area contributed by atoms with Crippen LogP contribution in [0.4, 0.5) is 0 Å². The van der Waals surface area contributed by atoms with Gasteiger partial charge in [0.25, 0.3) is 11.8 Å². The number of amides is 2. The Kier molecular flexibility index (Phi) is 6.99. The number of aromatic nitrogens is 2. The van der Waals surface area contributed by atoms with E-state index >= 15 is 0 Å². The number of carbonyl (C=O) groups excluding carboxylic acids is 2. The molecule has 2 N–H and O–H groups in total. The van der Waals surface area contributed by atoms with Gasteiger partial charge in [0.1, 0.15) is 5.69 Å². The number of hydrogen-bond acceptors (Lipinski definition) is 4. The first-order valence-corrected chi connectivity index (χ1v) is 15.7. The van der Waals surface area contributed by atoms with Crippen LogP contribution < -0.4 is 10.6 Å². The highest BCUT2D eigenvalue weighted by Gasteiger charge is 2.58. The van der Waals surface area contributed by atoms with Crippen molar-refractivity contribution < 1.29 is 14.0 Å². The lowest BCUT2D eigenvalue weighted by atomic mass is 10.0. The average Bonchev–Trinajstić information content (AvgIpc) is 3.15. The van der Waals surface area contributed by atoms with Gasteiger partial charge >= 0.3 is 0 Å². The second kappa shape index (κ2) is 9.54. The first kappa shape index (κ1) is 25.6. The number of hydrogen-bond donors (Lipinski definition) is 2. The summed E-state index contributed by atoms with van der Waals surface area (Å²) in [7, 11) is -0.218. The van der Waals surface area contributed by atoms with Gasteiger partial charge in [-0.3, -0.25) is 14.3 Å². The maximum Gasteiger partial charge on any atom is 0.271 e. The van der Waals surface area contributed by atoms with E-state index in [2.05, 4.69) is 56.5 Å². The minimum Gasteiger partial charge on any atom is -0.414 e. The fourth-order valence-corrected chi connectivity index (χ4v) is 6.57. The average molecular weight is 497 g/mol. The topological polar surface area (TPSA) is 85.2 Å². The Bertz CT molecular complexity index is 1060. The van der Waals surface area contributed by atoms with Gasteiger partial charge in [-0.2, -0.15) is 5.10 Å². The number of carbonyl (C=O) groups is 2. The predicted octanol–water partition coefficient (Wildman–Crippen LogP) is 4.77. The maximum atomic E-state index is 13.4. The minimum atomic E-state index is -1.79. The summed E-state index contributed by atoms with van der Waals surface area (Å²) < 4.78 is 8.34. The molecule has 0 aliphatic heterocycles. The summed E-state index contributed by atoms with van der Waals surface area (Å²) in [4.78, 5) is 25.8. The number of nitrogens with one attached hydrogen (secondary N) is 2. The third-order valence-corrected chi connectivity index (χ3v) is 12.8. The molecule has 2 saturated carbocycles. The molecule has 0 spiro atoms. The SMILES string of the molecule is CC[C@@H](c1ccccc1)n1nc(C(=O)NC)cc1C(=O)NC1[C@H]2CC(O[Si](C)(C)C(C)(C)C)C[C@@H]12. The number of rotatable bonds is 8. The van der Waals surface area contributed by atoms with Crippen molar-refractivity contribution in [1.82, 2.24) is 20.4 Å². The lowest BCUT2D eigenvalue weighted by Gasteiger charge is -2.39. The highest BCUT2D eigenvalue weighted by Crippen LogP contribution is 2.54. The normalized spacial score (nSPS) is 24.5. The minimum absolute atomic E-state index is 0.128. The van der Waals surface area contributed by atoms with Gasteiger partial charge in [-0.05, 0) is 54.8 Å². The van der Waals surface area contributed by atoms with Gasteiger partial charge in [0, 0.05) is 25.3 Å². The van der Waals surface area contributed by atoms with Crippen molar-refractivity contribution in [2.45, 2.75) is 83.3 Å². The summed E-state index contributed by atoms with van der Waals surface area (Å²) in [6, 6.07) is 11.7. The van der Waals surface area contributed by atoms with Gasteiger partial charge in [0.15, 0.2) is 14.0 Å². The van der Waals surface area contributed by atoms with Crippen LogP contribution in [0.5, 0.6) is 0 Å². The Morgan fingerprint density at radius 3 is 2.31 bits per heavy atom. The quantitative estimate of drug-likeness (QED) is 0.516. The summed E-state index contributed by atoms with van der Waals surface area (Å²) in [5.41, 5.74) is 1.74. The number of nitrogens with zero attached hydrogens (tertiary/aromatic N) is 2. The van der Waals surface area contributed by atoms with Crippen LogP contribution in [0.25, 0.3) is 0 Å². The third-order valence-electron chi connectivity index (χ3n) is 8.26. The molecule has 190 valence electrons. The van der Waals surface area contributed by atoms with E-state index in [0.29, 0.717) is 23.6 Å². The van der Waals surface area contributed by atoms with E-state index in [1.807, 2.05) is 30.3 Å². The second-order valence-corrected chi connectivity index (χ2v) is 16.3. The van der Waals surface area contributed by atoms with Crippen LogP contribution in [0.1, 0.15) is 79.5 Å². The summed E-state index contributed by atoms with van der Waals surface area (Å²) in [6.07, 6.45) is 3.06. The van der Waals surface area contributed by atoms with E-state index in [1.54, 1.807) is 17.8 Å². The Balaban J connectivity index is 1.47. The molecular formula is C27H40N4O3Si. The van der Waals surface area contributed by atoms with Crippen LogP contribution in [0, 0.1) is 11.8 Å². The first-order chi connectivity index (χ1) is 16.5. The van der Waals surface area contributed by atoms with Gasteiger partial charge < -0.3 is 15.1 Å². The molecule has 0 bridgehead atoms. The maximum absolute atomic E-state index is 13.4. The predicted molar refractivity (Wildman–Crippen MR) is 140 cm³/mol. The largest absolute Gasteiger partial charge is 0.414 e. The van der Waals surface area contributed by atoms with Gasteiger partial charge in [-0.25, -0.2) is 0 Å². The van der Waals surface area contributed by atoms with Crippen LogP contribution >= 0.6 is 0 Å². The van der Waals surface area contributed by atoms with Gasteiger partial charge in [-0.1, -0.05) is 58.0 Å². The van der Waals surface area contributed by atoms with Crippen LogP contribution in [0.3, 0.4) is 0 Å².